The Labute approximate surface area is 229 Å². The van der Waals surface area contributed by atoms with Gasteiger partial charge >= 0.3 is 0 Å². The van der Waals surface area contributed by atoms with Crippen LogP contribution >= 0.6 is 0 Å². The van der Waals surface area contributed by atoms with Crippen molar-refractivity contribution in [2.24, 2.45) is 0 Å². The highest BCUT2D eigenvalue weighted by atomic mass is 16.5. The third kappa shape index (κ3) is 5.54. The first-order valence-electron chi connectivity index (χ1n) is 13.6. The lowest BCUT2D eigenvalue weighted by Crippen LogP contribution is -2.47. The summed E-state index contributed by atoms with van der Waals surface area (Å²) < 4.78 is 11.2. The van der Waals surface area contributed by atoms with E-state index in [-0.39, 0.29) is 0 Å². The van der Waals surface area contributed by atoms with E-state index in [0.717, 1.165) is 80.7 Å². The third-order valence-electron chi connectivity index (χ3n) is 7.59. The highest BCUT2D eigenvalue weighted by Gasteiger charge is 2.26. The average molecular weight is 526 g/mol. The van der Waals surface area contributed by atoms with E-state index in [0.29, 0.717) is 17.5 Å². The predicted molar refractivity (Wildman–Crippen MR) is 155 cm³/mol. The summed E-state index contributed by atoms with van der Waals surface area (Å²) in [5.74, 6) is 3.92. The van der Waals surface area contributed by atoms with Crippen LogP contribution in [0, 0.1) is 0 Å². The van der Waals surface area contributed by atoms with Crippen LogP contribution in [0.4, 0.5) is 17.6 Å². The molecule has 2 saturated heterocycles. The summed E-state index contributed by atoms with van der Waals surface area (Å²) >= 11 is 0. The normalized spacial score (nSPS) is 17.9. The fraction of sp³-hybridized carbons (Fsp3) is 0.367. The quantitative estimate of drug-likeness (QED) is 0.366. The van der Waals surface area contributed by atoms with Gasteiger partial charge in [0, 0.05) is 69.5 Å². The van der Waals surface area contributed by atoms with E-state index in [9.17, 15) is 0 Å². The number of rotatable bonds is 8. The standard InChI is InChI=1S/C30H35N7O2/c1-38-26-18-24-25(19-27(26)39-2)33-30(37-16-14-36(15-17-37)28-10-6-7-12-31-28)34-29(24)32-23-11-13-35(21-23)20-22-8-4-3-5-9-22/h3-10,12,18-19,23H,11,13-17,20-21H2,1-2H3,(H,32,33,34). The summed E-state index contributed by atoms with van der Waals surface area (Å²) in [7, 11) is 3.31. The first kappa shape index (κ1) is 25.2. The molecule has 2 aliphatic rings. The van der Waals surface area contributed by atoms with E-state index in [4.69, 9.17) is 19.4 Å². The molecule has 0 amide bonds. The van der Waals surface area contributed by atoms with E-state index in [2.05, 4.69) is 61.4 Å². The van der Waals surface area contributed by atoms with Crippen molar-refractivity contribution in [3.63, 3.8) is 0 Å². The fourth-order valence-corrected chi connectivity index (χ4v) is 5.50. The lowest BCUT2D eigenvalue weighted by molar-refractivity contribution is 0.328. The van der Waals surface area contributed by atoms with Crippen molar-refractivity contribution in [1.82, 2.24) is 19.9 Å². The molecule has 2 aromatic heterocycles. The molecule has 202 valence electrons. The molecular weight excluding hydrogens is 490 g/mol. The number of ether oxygens (including phenoxy) is 2. The molecule has 2 aliphatic heterocycles. The number of likely N-dealkylation sites (tertiary alicyclic amines) is 1. The minimum absolute atomic E-state index is 0.300. The van der Waals surface area contributed by atoms with Crippen molar-refractivity contribution in [1.29, 1.82) is 0 Å². The van der Waals surface area contributed by atoms with Crippen molar-refractivity contribution in [2.45, 2.75) is 19.0 Å². The van der Waals surface area contributed by atoms with Gasteiger partial charge < -0.3 is 24.6 Å². The second-order valence-electron chi connectivity index (χ2n) is 10.1. The summed E-state index contributed by atoms with van der Waals surface area (Å²) in [4.78, 5) is 21.6. The van der Waals surface area contributed by atoms with E-state index in [1.54, 1.807) is 14.2 Å². The molecule has 4 heterocycles. The summed E-state index contributed by atoms with van der Waals surface area (Å²) in [6.07, 6.45) is 2.90. The number of hydrogen-bond acceptors (Lipinski definition) is 9. The van der Waals surface area contributed by atoms with E-state index in [1.807, 2.05) is 30.5 Å². The highest BCUT2D eigenvalue weighted by Crippen LogP contribution is 2.36. The van der Waals surface area contributed by atoms with Gasteiger partial charge in [-0.15, -0.1) is 0 Å². The van der Waals surface area contributed by atoms with Crippen molar-refractivity contribution in [3.05, 3.63) is 72.4 Å². The largest absolute Gasteiger partial charge is 0.493 e. The van der Waals surface area contributed by atoms with Gasteiger partial charge in [-0.3, -0.25) is 4.90 Å². The molecule has 6 rings (SSSR count). The summed E-state index contributed by atoms with van der Waals surface area (Å²) in [5.41, 5.74) is 2.18. The van der Waals surface area contributed by atoms with Crippen LogP contribution in [0.25, 0.3) is 10.9 Å². The number of pyridine rings is 1. The van der Waals surface area contributed by atoms with Gasteiger partial charge in [0.25, 0.3) is 0 Å². The van der Waals surface area contributed by atoms with Gasteiger partial charge in [-0.2, -0.15) is 4.98 Å². The molecular formula is C30H35N7O2. The lowest BCUT2D eigenvalue weighted by atomic mass is 10.2. The van der Waals surface area contributed by atoms with Gasteiger partial charge in [0.05, 0.1) is 19.7 Å². The number of hydrogen-bond donors (Lipinski definition) is 1. The number of nitrogens with zero attached hydrogens (tertiary/aromatic N) is 6. The zero-order valence-corrected chi connectivity index (χ0v) is 22.6. The summed E-state index contributed by atoms with van der Waals surface area (Å²) in [6, 6.07) is 20.9. The Morgan fingerprint density at radius 1 is 0.846 bits per heavy atom. The molecule has 0 radical (unpaired) electrons. The molecule has 0 aliphatic carbocycles. The number of methoxy groups -OCH3 is 2. The summed E-state index contributed by atoms with van der Waals surface area (Å²) in [6.45, 7) is 6.35. The zero-order valence-electron chi connectivity index (χ0n) is 22.6. The summed E-state index contributed by atoms with van der Waals surface area (Å²) in [5, 5.41) is 4.70. The molecule has 1 unspecified atom stereocenters. The number of piperazine rings is 1. The maximum atomic E-state index is 5.61. The number of aromatic nitrogens is 3. The highest BCUT2D eigenvalue weighted by molar-refractivity contribution is 5.93. The molecule has 2 fully saturated rings. The molecule has 0 bridgehead atoms. The van der Waals surface area contributed by atoms with Crippen LogP contribution < -0.4 is 24.6 Å². The monoisotopic (exact) mass is 525 g/mol. The van der Waals surface area contributed by atoms with Crippen LogP contribution in [0.3, 0.4) is 0 Å². The van der Waals surface area contributed by atoms with Crippen molar-refractivity contribution in [3.8, 4) is 11.5 Å². The Balaban J connectivity index is 1.24. The maximum absolute atomic E-state index is 5.61. The number of nitrogens with one attached hydrogen (secondary N) is 1. The van der Waals surface area contributed by atoms with Gasteiger partial charge in [-0.25, -0.2) is 9.97 Å². The molecule has 1 atom stereocenters. The minimum Gasteiger partial charge on any atom is -0.493 e. The van der Waals surface area contributed by atoms with Crippen LogP contribution in [0.2, 0.25) is 0 Å². The van der Waals surface area contributed by atoms with Gasteiger partial charge in [-0.05, 0) is 30.2 Å². The van der Waals surface area contributed by atoms with E-state index < -0.39 is 0 Å². The molecule has 9 heteroatoms. The fourth-order valence-electron chi connectivity index (χ4n) is 5.50. The maximum Gasteiger partial charge on any atom is 0.228 e. The van der Waals surface area contributed by atoms with Crippen LogP contribution in [-0.4, -0.2) is 79.4 Å². The van der Waals surface area contributed by atoms with Gasteiger partial charge in [0.15, 0.2) is 11.5 Å². The molecule has 1 N–H and O–H groups in total. The number of anilines is 3. The predicted octanol–water partition coefficient (Wildman–Crippen LogP) is 4.06. The minimum atomic E-state index is 0.300. The number of benzene rings is 2. The first-order chi connectivity index (χ1) is 19.2. The third-order valence-corrected chi connectivity index (χ3v) is 7.59. The Hall–Kier alpha value is -4.11. The van der Waals surface area contributed by atoms with Gasteiger partial charge in [0.2, 0.25) is 5.95 Å². The van der Waals surface area contributed by atoms with Crippen LogP contribution in [0.15, 0.2) is 66.9 Å². The Kier molecular flexibility index (Phi) is 7.31. The molecule has 39 heavy (non-hydrogen) atoms. The van der Waals surface area contributed by atoms with Crippen molar-refractivity contribution >= 4 is 28.5 Å². The van der Waals surface area contributed by atoms with Gasteiger partial charge in [0.1, 0.15) is 11.6 Å². The number of fused-ring (bicyclic) bond motifs is 1. The van der Waals surface area contributed by atoms with Gasteiger partial charge in [-0.1, -0.05) is 36.4 Å². The second-order valence-corrected chi connectivity index (χ2v) is 10.1. The van der Waals surface area contributed by atoms with Crippen LogP contribution in [-0.2, 0) is 6.54 Å². The molecule has 2 aromatic carbocycles. The Morgan fingerprint density at radius 3 is 2.33 bits per heavy atom. The molecule has 0 spiro atoms. The second kappa shape index (κ2) is 11.3. The SMILES string of the molecule is COc1cc2nc(N3CCN(c4ccccn4)CC3)nc(NC3CCN(Cc4ccccc4)C3)c2cc1OC. The Bertz CT molecular complexity index is 1400. The van der Waals surface area contributed by atoms with Crippen molar-refractivity contribution < 1.29 is 9.47 Å². The van der Waals surface area contributed by atoms with E-state index in [1.165, 1.54) is 5.56 Å². The van der Waals surface area contributed by atoms with Crippen LogP contribution in [0.5, 0.6) is 11.5 Å². The lowest BCUT2D eigenvalue weighted by Gasteiger charge is -2.35. The first-order valence-corrected chi connectivity index (χ1v) is 13.6. The zero-order chi connectivity index (χ0) is 26.6. The molecule has 0 saturated carbocycles. The van der Waals surface area contributed by atoms with Crippen LogP contribution in [0.1, 0.15) is 12.0 Å². The van der Waals surface area contributed by atoms with E-state index >= 15 is 0 Å². The smallest absolute Gasteiger partial charge is 0.228 e. The molecule has 4 aromatic rings. The van der Waals surface area contributed by atoms with Crippen molar-refractivity contribution in [2.75, 3.05) is 68.6 Å². The Morgan fingerprint density at radius 2 is 1.59 bits per heavy atom. The topological polar surface area (TPSA) is 78.9 Å². The molecule has 9 nitrogen and oxygen atoms in total. The average Bonchev–Trinajstić information content (AvgIpc) is 3.43.